The summed E-state index contributed by atoms with van der Waals surface area (Å²) in [6.45, 7) is 10.8. The second kappa shape index (κ2) is 10.7. The summed E-state index contributed by atoms with van der Waals surface area (Å²) in [7, 11) is 0. The molecular weight excluding hydrogens is 522 g/mol. The second-order valence-electron chi connectivity index (χ2n) is 10.9. The van der Waals surface area contributed by atoms with Crippen LogP contribution >= 0.6 is 0 Å². The summed E-state index contributed by atoms with van der Waals surface area (Å²) in [4.78, 5) is 0. The van der Waals surface area contributed by atoms with Crippen molar-refractivity contribution in [2.24, 2.45) is 5.73 Å². The van der Waals surface area contributed by atoms with E-state index >= 15 is 0 Å². The summed E-state index contributed by atoms with van der Waals surface area (Å²) < 4.78 is 2.43. The summed E-state index contributed by atoms with van der Waals surface area (Å²) in [5.41, 5.74) is 16.1. The Hall–Kier alpha value is -5.54. The first-order chi connectivity index (χ1) is 21.1. The van der Waals surface area contributed by atoms with Crippen molar-refractivity contribution >= 4 is 54.6 Å². The zero-order valence-corrected chi connectivity index (χ0v) is 24.3. The molecule has 0 atom stereocenters. The number of rotatable bonds is 6. The van der Waals surface area contributed by atoms with Gasteiger partial charge in [0.05, 0.1) is 16.7 Å². The lowest BCUT2D eigenvalue weighted by molar-refractivity contribution is 0.953. The van der Waals surface area contributed by atoms with Gasteiger partial charge in [0.2, 0.25) is 0 Å². The van der Waals surface area contributed by atoms with Crippen LogP contribution in [-0.4, -0.2) is 11.1 Å². The van der Waals surface area contributed by atoms with E-state index < -0.39 is 0 Å². The van der Waals surface area contributed by atoms with Gasteiger partial charge in [0.25, 0.3) is 0 Å². The van der Waals surface area contributed by atoms with Gasteiger partial charge in [-0.2, -0.15) is 0 Å². The number of nitrogens with one attached hydrogen (secondary N) is 1. The van der Waals surface area contributed by atoms with Crippen LogP contribution in [0.4, 0.5) is 0 Å². The highest BCUT2D eigenvalue weighted by atomic mass is 15.0. The van der Waals surface area contributed by atoms with Crippen molar-refractivity contribution in [3.63, 3.8) is 0 Å². The monoisotopic (exact) mass is 555 g/mol. The molecule has 0 fully saturated rings. The van der Waals surface area contributed by atoms with Crippen molar-refractivity contribution in [2.75, 3.05) is 6.54 Å². The van der Waals surface area contributed by atoms with Crippen molar-refractivity contribution in [1.82, 2.24) is 9.88 Å². The average molecular weight is 556 g/mol. The van der Waals surface area contributed by atoms with Gasteiger partial charge in [-0.15, -0.1) is 0 Å². The Bertz CT molecular complexity index is 2230. The molecule has 208 valence electrons. The Morgan fingerprint density at radius 1 is 0.767 bits per heavy atom. The molecule has 3 nitrogen and oxygen atoms in total. The van der Waals surface area contributed by atoms with Crippen molar-refractivity contribution in [2.45, 2.75) is 6.92 Å². The highest BCUT2D eigenvalue weighted by Crippen LogP contribution is 2.40. The number of nitrogens with two attached hydrogens (primary N) is 1. The van der Waals surface area contributed by atoms with Gasteiger partial charge in [-0.05, 0) is 69.8 Å². The first-order valence-corrected chi connectivity index (χ1v) is 14.6. The summed E-state index contributed by atoms with van der Waals surface area (Å²) in [5.74, 6) is 0. The summed E-state index contributed by atoms with van der Waals surface area (Å²) in [5, 5.41) is 10.9. The van der Waals surface area contributed by atoms with Crippen LogP contribution in [0.3, 0.4) is 0 Å². The lowest BCUT2D eigenvalue weighted by Gasteiger charge is -2.19. The van der Waals surface area contributed by atoms with Gasteiger partial charge in [-0.1, -0.05) is 110 Å². The third-order valence-corrected chi connectivity index (χ3v) is 8.62. The van der Waals surface area contributed by atoms with Crippen LogP contribution in [0.1, 0.15) is 18.1 Å². The SMILES string of the molecule is C=C/C(=C\C)C1=CC=C(c2ccc3c(ccc4c5ccc(/C(C=C)=C/N)cc5n(-c5cccc6ccccc56)c34)c2)NC1. The fourth-order valence-corrected chi connectivity index (χ4v) is 6.44. The molecule has 3 heteroatoms. The molecule has 0 spiro atoms. The molecule has 1 aliphatic rings. The minimum absolute atomic E-state index is 0.774. The van der Waals surface area contributed by atoms with Crippen molar-refractivity contribution < 1.29 is 0 Å². The number of benzene rings is 5. The van der Waals surface area contributed by atoms with E-state index in [0.29, 0.717) is 0 Å². The fourth-order valence-electron chi connectivity index (χ4n) is 6.44. The number of fused-ring (bicyclic) bond motifs is 6. The topological polar surface area (TPSA) is 43.0 Å². The lowest BCUT2D eigenvalue weighted by atomic mass is 9.98. The molecule has 0 bridgehead atoms. The Kier molecular flexibility index (Phi) is 6.56. The maximum Gasteiger partial charge on any atom is 0.0619 e. The van der Waals surface area contributed by atoms with E-state index in [2.05, 4.69) is 132 Å². The fraction of sp³-hybridized carbons (Fsp3) is 0.0500. The number of nitrogens with zero attached hydrogens (tertiary/aromatic N) is 1. The smallest absolute Gasteiger partial charge is 0.0619 e. The summed E-state index contributed by atoms with van der Waals surface area (Å²) in [6.07, 6.45) is 11.8. The molecule has 5 aromatic carbocycles. The van der Waals surface area contributed by atoms with Crippen molar-refractivity contribution in [1.29, 1.82) is 0 Å². The Labute approximate surface area is 251 Å². The van der Waals surface area contributed by atoms with Gasteiger partial charge in [0, 0.05) is 40.0 Å². The molecular formula is C40H33N3. The number of dihydropyridines is 1. The van der Waals surface area contributed by atoms with Crippen molar-refractivity contribution in [3.05, 3.63) is 163 Å². The molecule has 3 N–H and O–H groups in total. The first kappa shape index (κ1) is 26.4. The molecule has 43 heavy (non-hydrogen) atoms. The van der Waals surface area contributed by atoms with Crippen LogP contribution in [0.15, 0.2) is 152 Å². The zero-order valence-electron chi connectivity index (χ0n) is 24.3. The van der Waals surface area contributed by atoms with Crippen LogP contribution in [0.2, 0.25) is 0 Å². The predicted molar refractivity (Wildman–Crippen MR) is 186 cm³/mol. The molecule has 0 saturated carbocycles. The molecule has 2 heterocycles. The molecule has 1 aromatic heterocycles. The molecule has 1 aliphatic heterocycles. The van der Waals surface area contributed by atoms with Gasteiger partial charge in [-0.25, -0.2) is 0 Å². The number of allylic oxidation sites excluding steroid dienone is 6. The van der Waals surface area contributed by atoms with Crippen LogP contribution < -0.4 is 11.1 Å². The van der Waals surface area contributed by atoms with Gasteiger partial charge in [0.1, 0.15) is 0 Å². The minimum atomic E-state index is 0.774. The number of hydrogen-bond acceptors (Lipinski definition) is 2. The Morgan fingerprint density at radius 2 is 1.56 bits per heavy atom. The molecule has 0 aliphatic carbocycles. The molecule has 7 rings (SSSR count). The molecule has 0 unspecified atom stereocenters. The molecule has 0 saturated heterocycles. The summed E-state index contributed by atoms with van der Waals surface area (Å²) in [6, 6.07) is 33.0. The van der Waals surface area contributed by atoms with Crippen LogP contribution in [-0.2, 0) is 0 Å². The maximum atomic E-state index is 5.98. The highest BCUT2D eigenvalue weighted by Gasteiger charge is 2.18. The Morgan fingerprint density at radius 3 is 2.33 bits per heavy atom. The zero-order chi connectivity index (χ0) is 29.5. The van der Waals surface area contributed by atoms with E-state index in [1.54, 1.807) is 6.20 Å². The molecule has 6 aromatic rings. The normalized spacial score (nSPS) is 14.2. The molecule has 0 amide bonds. The van der Waals surface area contributed by atoms with Gasteiger partial charge >= 0.3 is 0 Å². The van der Waals surface area contributed by atoms with E-state index in [1.165, 1.54) is 49.0 Å². The van der Waals surface area contributed by atoms with Gasteiger partial charge in [0.15, 0.2) is 0 Å². The van der Waals surface area contributed by atoms with E-state index in [-0.39, 0.29) is 0 Å². The number of hydrogen-bond donors (Lipinski definition) is 2. The predicted octanol–water partition coefficient (Wildman–Crippen LogP) is 9.58. The Balaban J connectivity index is 1.50. The van der Waals surface area contributed by atoms with E-state index in [0.717, 1.165) is 40.2 Å². The lowest BCUT2D eigenvalue weighted by Crippen LogP contribution is -2.19. The van der Waals surface area contributed by atoms with Crippen LogP contribution in [0.25, 0.3) is 60.3 Å². The highest BCUT2D eigenvalue weighted by molar-refractivity contribution is 6.19. The second-order valence-corrected chi connectivity index (χ2v) is 10.9. The molecule has 0 radical (unpaired) electrons. The van der Waals surface area contributed by atoms with Crippen LogP contribution in [0, 0.1) is 0 Å². The maximum absolute atomic E-state index is 5.98. The van der Waals surface area contributed by atoms with Gasteiger partial charge in [-0.3, -0.25) is 0 Å². The summed E-state index contributed by atoms with van der Waals surface area (Å²) >= 11 is 0. The third kappa shape index (κ3) is 4.29. The van der Waals surface area contributed by atoms with E-state index in [4.69, 9.17) is 5.73 Å². The quantitative estimate of drug-likeness (QED) is 0.201. The van der Waals surface area contributed by atoms with Crippen molar-refractivity contribution in [3.8, 4) is 5.69 Å². The minimum Gasteiger partial charge on any atom is -0.404 e. The van der Waals surface area contributed by atoms with E-state index in [1.807, 2.05) is 19.1 Å². The van der Waals surface area contributed by atoms with E-state index in [9.17, 15) is 0 Å². The average Bonchev–Trinajstić information content (AvgIpc) is 3.39. The number of aromatic nitrogens is 1. The first-order valence-electron chi connectivity index (χ1n) is 14.6. The largest absolute Gasteiger partial charge is 0.404 e. The standard InChI is InChI=1S/C40H33N3/c1-4-26(5-2)32-17-21-37(42-25-32)31-16-18-34-30(22-31)15-20-36-35-19-14-29(27(6-3)24-41)23-39(35)43(40(34)36)38-13-9-11-28-10-7-8-12-33(28)38/h4-24,42H,1,3,25,41H2,2H3/b26-5+,27-24+. The van der Waals surface area contributed by atoms with Crippen LogP contribution in [0.5, 0.6) is 0 Å². The third-order valence-electron chi connectivity index (χ3n) is 8.62. The van der Waals surface area contributed by atoms with Gasteiger partial charge < -0.3 is 15.6 Å².